The van der Waals surface area contributed by atoms with Gasteiger partial charge in [0, 0.05) is 24.2 Å². The minimum Gasteiger partial charge on any atom is -0.497 e. The molecule has 0 N–H and O–H groups in total. The summed E-state index contributed by atoms with van der Waals surface area (Å²) in [5, 5.41) is 4.58. The molecular weight excluding hydrogens is 437 g/mol. The number of amides is 1. The van der Waals surface area contributed by atoms with Crippen molar-refractivity contribution in [3.05, 3.63) is 71.2 Å². The maximum Gasteiger partial charge on any atom is 0.358 e. The third kappa shape index (κ3) is 4.81. The van der Waals surface area contributed by atoms with E-state index in [1.54, 1.807) is 44.1 Å². The summed E-state index contributed by atoms with van der Waals surface area (Å²) in [7, 11) is 1.61. The molecule has 34 heavy (non-hydrogen) atoms. The third-order valence-electron chi connectivity index (χ3n) is 6.12. The summed E-state index contributed by atoms with van der Waals surface area (Å²) in [4.78, 5) is 27.0. The Morgan fingerprint density at radius 1 is 1.09 bits per heavy atom. The van der Waals surface area contributed by atoms with E-state index < -0.39 is 5.97 Å². The van der Waals surface area contributed by atoms with E-state index in [1.165, 1.54) is 6.07 Å². The molecular formula is C26H28FN3O4. The molecule has 1 fully saturated rings. The van der Waals surface area contributed by atoms with Gasteiger partial charge >= 0.3 is 5.97 Å². The van der Waals surface area contributed by atoms with Crippen molar-refractivity contribution in [3.63, 3.8) is 0 Å². The Hall–Kier alpha value is -3.68. The number of methoxy groups -OCH3 is 1. The largest absolute Gasteiger partial charge is 0.497 e. The van der Waals surface area contributed by atoms with Crippen molar-refractivity contribution in [3.8, 4) is 17.0 Å². The van der Waals surface area contributed by atoms with Crippen LogP contribution in [0.25, 0.3) is 11.3 Å². The minimum absolute atomic E-state index is 0.000850. The number of carbonyl (C=O) groups excluding carboxylic acids is 2. The second-order valence-electron chi connectivity index (χ2n) is 8.30. The number of aryl methyl sites for hydroxylation is 1. The van der Waals surface area contributed by atoms with Crippen LogP contribution in [0.15, 0.2) is 48.5 Å². The number of aromatic nitrogens is 2. The van der Waals surface area contributed by atoms with Crippen LogP contribution in [-0.2, 0) is 4.74 Å². The van der Waals surface area contributed by atoms with Crippen LogP contribution in [0.2, 0.25) is 0 Å². The number of carbonyl (C=O) groups is 2. The molecule has 1 saturated heterocycles. The molecule has 0 aliphatic carbocycles. The Kier molecular flexibility index (Phi) is 6.95. The van der Waals surface area contributed by atoms with E-state index in [-0.39, 0.29) is 30.1 Å². The number of rotatable bonds is 6. The first-order valence-electron chi connectivity index (χ1n) is 11.4. The van der Waals surface area contributed by atoms with Gasteiger partial charge in [0.05, 0.1) is 25.5 Å². The van der Waals surface area contributed by atoms with Gasteiger partial charge in [0.25, 0.3) is 5.91 Å². The van der Waals surface area contributed by atoms with Crippen LogP contribution in [0.4, 0.5) is 4.39 Å². The zero-order valence-corrected chi connectivity index (χ0v) is 19.6. The number of halogens is 1. The van der Waals surface area contributed by atoms with Crippen molar-refractivity contribution in [1.82, 2.24) is 14.7 Å². The molecule has 8 heteroatoms. The highest BCUT2D eigenvalue weighted by Gasteiger charge is 2.28. The van der Waals surface area contributed by atoms with Gasteiger partial charge in [0.15, 0.2) is 5.69 Å². The van der Waals surface area contributed by atoms with Crippen LogP contribution in [0, 0.1) is 12.7 Å². The normalized spacial score (nSPS) is 14.2. The SMILES string of the molecule is CCOC(=O)c1cc(-c2ccc(OC)cc2)n(C2CCN(C(=O)c3ccc(C)c(F)c3)CC2)n1. The average molecular weight is 466 g/mol. The molecule has 1 aromatic heterocycles. The molecule has 2 aromatic carbocycles. The molecule has 0 spiro atoms. The van der Waals surface area contributed by atoms with Gasteiger partial charge in [-0.25, -0.2) is 9.18 Å². The number of piperidine rings is 1. The number of hydrogen-bond donors (Lipinski definition) is 0. The molecule has 4 rings (SSSR count). The standard InChI is InChI=1S/C26H28FN3O4/c1-4-34-26(32)23-16-24(18-7-9-21(33-3)10-8-18)30(28-23)20-11-13-29(14-12-20)25(31)19-6-5-17(2)22(27)15-19/h5-10,15-16,20H,4,11-14H2,1-3H3. The summed E-state index contributed by atoms with van der Waals surface area (Å²) < 4.78 is 26.2. The monoisotopic (exact) mass is 465 g/mol. The van der Waals surface area contributed by atoms with E-state index in [0.717, 1.165) is 17.0 Å². The zero-order valence-electron chi connectivity index (χ0n) is 19.6. The van der Waals surface area contributed by atoms with Gasteiger partial charge in [-0.3, -0.25) is 9.48 Å². The molecule has 0 unspecified atom stereocenters. The Morgan fingerprint density at radius 2 is 1.79 bits per heavy atom. The molecule has 7 nitrogen and oxygen atoms in total. The molecule has 0 saturated carbocycles. The molecule has 0 bridgehead atoms. The Bertz CT molecular complexity index is 1180. The van der Waals surface area contributed by atoms with Gasteiger partial charge in [-0.15, -0.1) is 0 Å². The molecule has 3 aromatic rings. The van der Waals surface area contributed by atoms with E-state index >= 15 is 0 Å². The van der Waals surface area contributed by atoms with Crippen molar-refractivity contribution >= 4 is 11.9 Å². The lowest BCUT2D eigenvalue weighted by Crippen LogP contribution is -2.39. The number of benzene rings is 2. The van der Waals surface area contributed by atoms with E-state index in [1.807, 2.05) is 28.9 Å². The predicted molar refractivity (Wildman–Crippen MR) is 125 cm³/mol. The Balaban J connectivity index is 1.55. The van der Waals surface area contributed by atoms with Crippen molar-refractivity contribution in [2.45, 2.75) is 32.7 Å². The number of esters is 1. The van der Waals surface area contributed by atoms with Gasteiger partial charge in [-0.05, 0) is 74.7 Å². The van der Waals surface area contributed by atoms with Crippen LogP contribution >= 0.6 is 0 Å². The van der Waals surface area contributed by atoms with Crippen molar-refractivity contribution in [2.75, 3.05) is 26.8 Å². The summed E-state index contributed by atoms with van der Waals surface area (Å²) in [6.07, 6.45) is 1.32. The molecule has 0 radical (unpaired) electrons. The predicted octanol–water partition coefficient (Wildman–Crippen LogP) is 4.66. The van der Waals surface area contributed by atoms with Crippen molar-refractivity contribution < 1.29 is 23.5 Å². The number of likely N-dealkylation sites (tertiary alicyclic amines) is 1. The minimum atomic E-state index is -0.468. The topological polar surface area (TPSA) is 73.7 Å². The quantitative estimate of drug-likeness (QED) is 0.495. The third-order valence-corrected chi connectivity index (χ3v) is 6.12. The van der Waals surface area contributed by atoms with Crippen LogP contribution in [0.3, 0.4) is 0 Å². The molecule has 1 aliphatic rings. The van der Waals surface area contributed by atoms with Gasteiger partial charge < -0.3 is 14.4 Å². The molecule has 0 atom stereocenters. The lowest BCUT2D eigenvalue weighted by atomic mass is 10.0. The smallest absolute Gasteiger partial charge is 0.358 e. The van der Waals surface area contributed by atoms with E-state index in [4.69, 9.17) is 9.47 Å². The summed E-state index contributed by atoms with van der Waals surface area (Å²) in [5.74, 6) is -0.293. The van der Waals surface area contributed by atoms with Gasteiger partial charge in [-0.2, -0.15) is 5.10 Å². The Morgan fingerprint density at radius 3 is 2.41 bits per heavy atom. The van der Waals surface area contributed by atoms with Crippen molar-refractivity contribution in [1.29, 1.82) is 0 Å². The lowest BCUT2D eigenvalue weighted by molar-refractivity contribution is 0.0517. The second kappa shape index (κ2) is 10.1. The van der Waals surface area contributed by atoms with Crippen LogP contribution in [-0.4, -0.2) is 53.4 Å². The maximum atomic E-state index is 13.9. The summed E-state index contributed by atoms with van der Waals surface area (Å²) in [6.45, 7) is 4.71. The van der Waals surface area contributed by atoms with Crippen LogP contribution < -0.4 is 4.74 Å². The maximum absolute atomic E-state index is 13.9. The molecule has 178 valence electrons. The highest BCUT2D eigenvalue weighted by Crippen LogP contribution is 2.31. The summed E-state index contributed by atoms with van der Waals surface area (Å²) in [6, 6.07) is 13.9. The molecule has 1 aliphatic heterocycles. The van der Waals surface area contributed by atoms with Crippen LogP contribution in [0.5, 0.6) is 5.75 Å². The molecule has 2 heterocycles. The number of hydrogen-bond acceptors (Lipinski definition) is 5. The average Bonchev–Trinajstić information content (AvgIpc) is 3.31. The number of nitrogens with zero attached hydrogens (tertiary/aromatic N) is 3. The van der Waals surface area contributed by atoms with E-state index in [2.05, 4.69) is 5.10 Å². The zero-order chi connectivity index (χ0) is 24.2. The van der Waals surface area contributed by atoms with E-state index in [0.29, 0.717) is 37.1 Å². The van der Waals surface area contributed by atoms with Crippen molar-refractivity contribution in [2.24, 2.45) is 0 Å². The second-order valence-corrected chi connectivity index (χ2v) is 8.30. The highest BCUT2D eigenvalue weighted by atomic mass is 19.1. The highest BCUT2D eigenvalue weighted by molar-refractivity contribution is 5.94. The lowest BCUT2D eigenvalue weighted by Gasteiger charge is -2.33. The Labute approximate surface area is 198 Å². The first kappa shape index (κ1) is 23.5. The van der Waals surface area contributed by atoms with Gasteiger partial charge in [0.2, 0.25) is 0 Å². The van der Waals surface area contributed by atoms with Gasteiger partial charge in [0.1, 0.15) is 11.6 Å². The first-order valence-corrected chi connectivity index (χ1v) is 11.4. The van der Waals surface area contributed by atoms with Crippen LogP contribution in [0.1, 0.15) is 52.2 Å². The fraction of sp³-hybridized carbons (Fsp3) is 0.346. The summed E-state index contributed by atoms with van der Waals surface area (Å²) >= 11 is 0. The summed E-state index contributed by atoms with van der Waals surface area (Å²) in [5.41, 5.74) is 2.82. The first-order chi connectivity index (χ1) is 16.4. The number of ether oxygens (including phenoxy) is 2. The van der Waals surface area contributed by atoms with Gasteiger partial charge in [-0.1, -0.05) is 6.07 Å². The fourth-order valence-electron chi connectivity index (χ4n) is 4.18. The molecule has 1 amide bonds. The van der Waals surface area contributed by atoms with E-state index in [9.17, 15) is 14.0 Å². The fourth-order valence-corrected chi connectivity index (χ4v) is 4.18.